The molecule has 1 amide bonds. The van der Waals surface area contributed by atoms with Crippen molar-refractivity contribution in [3.05, 3.63) is 28.8 Å². The van der Waals surface area contributed by atoms with E-state index < -0.39 is 29.2 Å². The first-order chi connectivity index (χ1) is 10.5. The zero-order valence-corrected chi connectivity index (χ0v) is 14.0. The van der Waals surface area contributed by atoms with Crippen molar-refractivity contribution in [2.24, 2.45) is 0 Å². The average molecular weight is 342 g/mol. The molecule has 3 N–H and O–H groups in total. The Labute approximate surface area is 139 Å². The molecule has 0 bridgehead atoms. The molecule has 7 heteroatoms. The van der Waals surface area contributed by atoms with E-state index in [1.807, 2.05) is 0 Å². The lowest BCUT2D eigenvalue weighted by atomic mass is 9.89. The van der Waals surface area contributed by atoms with E-state index in [0.29, 0.717) is 29.1 Å². The summed E-state index contributed by atoms with van der Waals surface area (Å²) in [5.74, 6) is -1.26. The van der Waals surface area contributed by atoms with Gasteiger partial charge in [-0.05, 0) is 51.3 Å². The van der Waals surface area contributed by atoms with E-state index in [-0.39, 0.29) is 0 Å². The summed E-state index contributed by atoms with van der Waals surface area (Å²) in [6.45, 7) is 5.23. The van der Waals surface area contributed by atoms with Crippen LogP contribution in [-0.2, 0) is 14.9 Å². The van der Waals surface area contributed by atoms with Gasteiger partial charge in [-0.2, -0.15) is 0 Å². The largest absolute Gasteiger partial charge is 0.479 e. The van der Waals surface area contributed by atoms with Crippen LogP contribution in [0.15, 0.2) is 18.2 Å². The molecule has 1 aliphatic carbocycles. The summed E-state index contributed by atoms with van der Waals surface area (Å²) in [6, 6.07) is 4.82. The number of hydrogen-bond acceptors (Lipinski definition) is 4. The van der Waals surface area contributed by atoms with Crippen molar-refractivity contribution in [3.63, 3.8) is 0 Å². The number of anilines is 1. The molecule has 0 saturated heterocycles. The Morgan fingerprint density at radius 3 is 2.43 bits per heavy atom. The molecule has 6 nitrogen and oxygen atoms in total. The number of carbonyl (C=O) groups excluding carboxylic acids is 1. The topological polar surface area (TPSA) is 95.9 Å². The first kappa shape index (κ1) is 17.6. The molecular weight excluding hydrogens is 322 g/mol. The molecule has 1 saturated carbocycles. The minimum absolute atomic E-state index is 0.306. The van der Waals surface area contributed by atoms with Gasteiger partial charge in [-0.25, -0.2) is 9.59 Å². The molecule has 0 aliphatic heterocycles. The number of aliphatic carboxylic acids is 1. The highest BCUT2D eigenvalue weighted by molar-refractivity contribution is 6.33. The first-order valence-corrected chi connectivity index (χ1v) is 7.64. The molecule has 0 radical (unpaired) electrons. The minimum atomic E-state index is -1.49. The summed E-state index contributed by atoms with van der Waals surface area (Å²) >= 11 is 6.08. The maximum Gasteiger partial charge on any atom is 0.412 e. The molecule has 1 aliphatic rings. The van der Waals surface area contributed by atoms with Gasteiger partial charge in [-0.3, -0.25) is 5.32 Å². The number of aliphatic hydroxyl groups is 1. The highest BCUT2D eigenvalue weighted by atomic mass is 35.5. The SMILES string of the molecule is CC(C)(C)OC(=O)Nc1cc(C2(C(O)C(=O)O)CC2)ccc1Cl. The monoisotopic (exact) mass is 341 g/mol. The molecule has 0 spiro atoms. The Morgan fingerprint density at radius 2 is 1.96 bits per heavy atom. The number of amides is 1. The zero-order chi connectivity index (χ0) is 17.4. The highest BCUT2D eigenvalue weighted by Crippen LogP contribution is 2.52. The maximum absolute atomic E-state index is 11.9. The molecule has 1 unspecified atom stereocenters. The van der Waals surface area contributed by atoms with Crippen molar-refractivity contribution < 1.29 is 24.5 Å². The molecule has 126 valence electrons. The maximum atomic E-state index is 11.9. The summed E-state index contributed by atoms with van der Waals surface area (Å²) in [5, 5.41) is 21.8. The lowest BCUT2D eigenvalue weighted by Crippen LogP contribution is -2.34. The van der Waals surface area contributed by atoms with Crippen LogP contribution in [0.5, 0.6) is 0 Å². The number of nitrogens with one attached hydrogen (secondary N) is 1. The summed E-state index contributed by atoms with van der Waals surface area (Å²) < 4.78 is 5.17. The van der Waals surface area contributed by atoms with Gasteiger partial charge in [0.1, 0.15) is 5.60 Å². The fraction of sp³-hybridized carbons (Fsp3) is 0.500. The van der Waals surface area contributed by atoms with Gasteiger partial charge in [-0.1, -0.05) is 17.7 Å². The standard InChI is InChI=1S/C16H20ClNO5/c1-15(2,3)23-14(22)18-11-8-9(4-5-10(11)17)16(6-7-16)12(19)13(20)21/h4-5,8,12,19H,6-7H2,1-3H3,(H,18,22)(H,20,21). The number of ether oxygens (including phenoxy) is 1. The minimum Gasteiger partial charge on any atom is -0.479 e. The second kappa shape index (κ2) is 6.02. The third kappa shape index (κ3) is 3.95. The fourth-order valence-corrected chi connectivity index (χ4v) is 2.60. The van der Waals surface area contributed by atoms with Gasteiger partial charge < -0.3 is 14.9 Å². The van der Waals surface area contributed by atoms with E-state index in [2.05, 4.69) is 5.32 Å². The summed E-state index contributed by atoms with van der Waals surface area (Å²) in [4.78, 5) is 22.9. The van der Waals surface area contributed by atoms with Gasteiger partial charge in [0.05, 0.1) is 10.7 Å². The van der Waals surface area contributed by atoms with E-state index in [4.69, 9.17) is 21.4 Å². The number of hydrogen-bond donors (Lipinski definition) is 3. The predicted molar refractivity (Wildman–Crippen MR) is 85.9 cm³/mol. The van der Waals surface area contributed by atoms with Crippen molar-refractivity contribution >= 4 is 29.4 Å². The molecule has 1 atom stereocenters. The Bertz CT molecular complexity index is 634. The van der Waals surface area contributed by atoms with Gasteiger partial charge in [-0.15, -0.1) is 0 Å². The van der Waals surface area contributed by atoms with Crippen molar-refractivity contribution in [2.45, 2.75) is 50.7 Å². The molecule has 1 fully saturated rings. The Hall–Kier alpha value is -1.79. The van der Waals surface area contributed by atoms with Crippen molar-refractivity contribution in [1.29, 1.82) is 0 Å². The number of halogens is 1. The van der Waals surface area contributed by atoms with E-state index in [9.17, 15) is 14.7 Å². The van der Waals surface area contributed by atoms with Gasteiger partial charge >= 0.3 is 12.1 Å². The summed E-state index contributed by atoms with van der Waals surface area (Å²) in [7, 11) is 0. The lowest BCUT2D eigenvalue weighted by Gasteiger charge is -2.22. The van der Waals surface area contributed by atoms with E-state index in [0.717, 1.165) is 0 Å². The van der Waals surface area contributed by atoms with Gasteiger partial charge in [0.2, 0.25) is 0 Å². The quantitative estimate of drug-likeness (QED) is 0.781. The predicted octanol–water partition coefficient (Wildman–Crippen LogP) is 3.16. The highest BCUT2D eigenvalue weighted by Gasteiger charge is 2.53. The van der Waals surface area contributed by atoms with Gasteiger partial charge in [0.25, 0.3) is 0 Å². The number of rotatable bonds is 4. The smallest absolute Gasteiger partial charge is 0.412 e. The van der Waals surface area contributed by atoms with Crippen molar-refractivity contribution in [1.82, 2.24) is 0 Å². The van der Waals surface area contributed by atoms with Crippen LogP contribution in [0.25, 0.3) is 0 Å². The number of carboxylic acid groups (broad SMARTS) is 1. The normalized spacial score (nSPS) is 17.3. The van der Waals surface area contributed by atoms with Crippen molar-refractivity contribution in [3.8, 4) is 0 Å². The second-order valence-corrected chi connectivity index (χ2v) is 7.13. The van der Waals surface area contributed by atoms with Crippen LogP contribution in [0.2, 0.25) is 5.02 Å². The van der Waals surface area contributed by atoms with Crippen LogP contribution >= 0.6 is 11.6 Å². The fourth-order valence-electron chi connectivity index (χ4n) is 2.44. The van der Waals surface area contributed by atoms with Crippen LogP contribution in [0.3, 0.4) is 0 Å². The zero-order valence-electron chi connectivity index (χ0n) is 13.2. The Morgan fingerprint density at radius 1 is 1.35 bits per heavy atom. The summed E-state index contributed by atoms with van der Waals surface area (Å²) in [5.41, 5.74) is -0.517. The molecule has 1 aromatic carbocycles. The average Bonchev–Trinajstić information content (AvgIpc) is 3.19. The molecule has 0 aromatic heterocycles. The van der Waals surface area contributed by atoms with Crippen molar-refractivity contribution in [2.75, 3.05) is 5.32 Å². The Kier molecular flexibility index (Phi) is 4.59. The third-order valence-corrected chi connectivity index (χ3v) is 4.05. The molecule has 1 aromatic rings. The van der Waals surface area contributed by atoms with E-state index in [1.165, 1.54) is 0 Å². The van der Waals surface area contributed by atoms with Crippen LogP contribution in [0.1, 0.15) is 39.2 Å². The van der Waals surface area contributed by atoms with Gasteiger partial charge in [0.15, 0.2) is 6.10 Å². The van der Waals surface area contributed by atoms with Crippen LogP contribution in [0, 0.1) is 0 Å². The molecule has 23 heavy (non-hydrogen) atoms. The number of carbonyl (C=O) groups is 2. The number of benzene rings is 1. The second-order valence-electron chi connectivity index (χ2n) is 6.72. The lowest BCUT2D eigenvalue weighted by molar-refractivity contribution is -0.148. The van der Waals surface area contributed by atoms with Crippen LogP contribution in [-0.4, -0.2) is 34.0 Å². The van der Waals surface area contributed by atoms with E-state index in [1.54, 1.807) is 39.0 Å². The number of carboxylic acids is 1. The Balaban J connectivity index is 2.23. The third-order valence-electron chi connectivity index (χ3n) is 3.72. The molecular formula is C16H20ClNO5. The number of aliphatic hydroxyl groups excluding tert-OH is 1. The van der Waals surface area contributed by atoms with Crippen LogP contribution < -0.4 is 5.32 Å². The molecule has 2 rings (SSSR count). The van der Waals surface area contributed by atoms with Crippen LogP contribution in [0.4, 0.5) is 10.5 Å². The van der Waals surface area contributed by atoms with E-state index >= 15 is 0 Å². The molecule has 0 heterocycles. The summed E-state index contributed by atoms with van der Waals surface area (Å²) in [6.07, 6.45) is -1.01. The first-order valence-electron chi connectivity index (χ1n) is 7.26. The van der Waals surface area contributed by atoms with Gasteiger partial charge in [0, 0.05) is 5.41 Å².